The normalized spacial score (nSPS) is 11.8. The van der Waals surface area contributed by atoms with E-state index in [2.05, 4.69) is 44.9 Å². The highest BCUT2D eigenvalue weighted by Gasteiger charge is 2.20. The molecule has 0 amide bonds. The minimum atomic E-state index is -0.152. The van der Waals surface area contributed by atoms with Gasteiger partial charge in [0, 0.05) is 6.07 Å². The minimum Gasteiger partial charge on any atom is -0.492 e. The molecule has 2 aromatic rings. The molecule has 1 N–H and O–H groups in total. The average molecular weight is 230 g/mol. The van der Waals surface area contributed by atoms with Gasteiger partial charge in [0.05, 0.1) is 11.2 Å². The van der Waals surface area contributed by atoms with Crippen molar-refractivity contribution in [3.63, 3.8) is 0 Å². The van der Waals surface area contributed by atoms with Gasteiger partial charge in [-0.05, 0) is 33.3 Å². The number of aromatic nitrogens is 2. The summed E-state index contributed by atoms with van der Waals surface area (Å²) in [6, 6.07) is 9.93. The lowest BCUT2D eigenvalue weighted by molar-refractivity contribution is 0.341. The lowest BCUT2D eigenvalue weighted by Crippen LogP contribution is -2.23. The lowest BCUT2D eigenvalue weighted by Gasteiger charge is -2.22. The van der Waals surface area contributed by atoms with E-state index in [1.807, 2.05) is 16.8 Å². The van der Waals surface area contributed by atoms with Gasteiger partial charge in [0.25, 0.3) is 0 Å². The smallest absolute Gasteiger partial charge is 0.230 e. The average Bonchev–Trinajstić information content (AvgIpc) is 2.61. The zero-order valence-electron chi connectivity index (χ0n) is 10.7. The molecule has 1 heterocycles. The first kappa shape index (κ1) is 11.7. The molecule has 17 heavy (non-hydrogen) atoms. The van der Waals surface area contributed by atoms with Crippen molar-refractivity contribution in [1.82, 2.24) is 9.78 Å². The molecule has 3 heteroatoms. The highest BCUT2D eigenvalue weighted by Crippen LogP contribution is 2.28. The first-order valence-corrected chi connectivity index (χ1v) is 5.74. The summed E-state index contributed by atoms with van der Waals surface area (Å²) in [4.78, 5) is 0. The van der Waals surface area contributed by atoms with Crippen molar-refractivity contribution in [2.45, 2.75) is 33.2 Å². The fourth-order valence-electron chi connectivity index (χ4n) is 1.81. The van der Waals surface area contributed by atoms with E-state index in [1.54, 1.807) is 6.07 Å². The molecule has 1 aromatic carbocycles. The molecule has 0 aliphatic rings. The van der Waals surface area contributed by atoms with Gasteiger partial charge in [-0.1, -0.05) is 29.8 Å². The summed E-state index contributed by atoms with van der Waals surface area (Å²) in [6.07, 6.45) is 0. The predicted molar refractivity (Wildman–Crippen MR) is 69.1 cm³/mol. The van der Waals surface area contributed by atoms with Crippen molar-refractivity contribution >= 4 is 0 Å². The number of nitrogens with zero attached hydrogens (tertiary/aromatic N) is 2. The molecule has 0 saturated carbocycles. The largest absolute Gasteiger partial charge is 0.492 e. The second-order valence-electron chi connectivity index (χ2n) is 5.34. The Morgan fingerprint density at radius 2 is 1.71 bits per heavy atom. The van der Waals surface area contributed by atoms with Crippen molar-refractivity contribution in [3.05, 3.63) is 35.9 Å². The number of benzene rings is 1. The third-order valence-electron chi connectivity index (χ3n) is 2.68. The SMILES string of the molecule is Cc1ccc(-c2cc(O)nn2C(C)(C)C)cc1. The van der Waals surface area contributed by atoms with Crippen molar-refractivity contribution in [1.29, 1.82) is 0 Å². The summed E-state index contributed by atoms with van der Waals surface area (Å²) in [5.41, 5.74) is 3.08. The summed E-state index contributed by atoms with van der Waals surface area (Å²) in [6.45, 7) is 8.26. The molecule has 3 nitrogen and oxygen atoms in total. The highest BCUT2D eigenvalue weighted by atomic mass is 16.3. The maximum atomic E-state index is 9.58. The van der Waals surface area contributed by atoms with Crippen LogP contribution in [0.25, 0.3) is 11.3 Å². The molecular weight excluding hydrogens is 212 g/mol. The third kappa shape index (κ3) is 2.33. The zero-order chi connectivity index (χ0) is 12.6. The Labute approximate surface area is 102 Å². The number of aryl methyl sites for hydroxylation is 1. The zero-order valence-corrected chi connectivity index (χ0v) is 10.7. The predicted octanol–water partition coefficient (Wildman–Crippen LogP) is 3.32. The van der Waals surface area contributed by atoms with Gasteiger partial charge in [0.2, 0.25) is 5.88 Å². The van der Waals surface area contributed by atoms with Crippen molar-refractivity contribution in [3.8, 4) is 17.1 Å². The molecule has 0 unspecified atom stereocenters. The molecule has 90 valence electrons. The number of hydrogen-bond donors (Lipinski definition) is 1. The van der Waals surface area contributed by atoms with E-state index in [0.29, 0.717) is 0 Å². The minimum absolute atomic E-state index is 0.0653. The second kappa shape index (κ2) is 3.91. The first-order valence-electron chi connectivity index (χ1n) is 5.74. The van der Waals surface area contributed by atoms with Crippen LogP contribution in [0.2, 0.25) is 0 Å². The summed E-state index contributed by atoms with van der Waals surface area (Å²) < 4.78 is 1.85. The van der Waals surface area contributed by atoms with Gasteiger partial charge in [0.1, 0.15) is 0 Å². The monoisotopic (exact) mass is 230 g/mol. The molecule has 0 spiro atoms. The topological polar surface area (TPSA) is 38.1 Å². The van der Waals surface area contributed by atoms with Crippen LogP contribution in [-0.2, 0) is 5.54 Å². The van der Waals surface area contributed by atoms with Crippen molar-refractivity contribution in [2.24, 2.45) is 0 Å². The molecular formula is C14H18N2O. The van der Waals surface area contributed by atoms with Crippen molar-refractivity contribution in [2.75, 3.05) is 0 Å². The van der Waals surface area contributed by atoms with Crippen LogP contribution in [0, 0.1) is 6.92 Å². The van der Waals surface area contributed by atoms with Crippen LogP contribution >= 0.6 is 0 Å². The van der Waals surface area contributed by atoms with Crippen LogP contribution < -0.4 is 0 Å². The molecule has 0 aliphatic carbocycles. The molecule has 0 atom stereocenters. The Kier molecular flexibility index (Phi) is 2.69. The molecule has 0 radical (unpaired) electrons. The van der Waals surface area contributed by atoms with E-state index >= 15 is 0 Å². The van der Waals surface area contributed by atoms with E-state index in [1.165, 1.54) is 5.56 Å². The van der Waals surface area contributed by atoms with Gasteiger partial charge < -0.3 is 5.11 Å². The Morgan fingerprint density at radius 1 is 1.12 bits per heavy atom. The van der Waals surface area contributed by atoms with Gasteiger partial charge >= 0.3 is 0 Å². The summed E-state index contributed by atoms with van der Waals surface area (Å²) >= 11 is 0. The van der Waals surface area contributed by atoms with E-state index < -0.39 is 0 Å². The number of rotatable bonds is 1. The Balaban J connectivity index is 2.55. The van der Waals surface area contributed by atoms with Gasteiger partial charge in [-0.15, -0.1) is 5.10 Å². The van der Waals surface area contributed by atoms with Crippen LogP contribution in [0.15, 0.2) is 30.3 Å². The number of aromatic hydroxyl groups is 1. The molecule has 2 rings (SSSR count). The molecule has 1 aromatic heterocycles. The fraction of sp³-hybridized carbons (Fsp3) is 0.357. The second-order valence-corrected chi connectivity index (χ2v) is 5.34. The maximum Gasteiger partial charge on any atom is 0.230 e. The first-order chi connectivity index (χ1) is 7.88. The summed E-state index contributed by atoms with van der Waals surface area (Å²) in [5, 5.41) is 13.7. The van der Waals surface area contributed by atoms with Gasteiger partial charge in [-0.25, -0.2) is 0 Å². The molecule has 0 saturated heterocycles. The van der Waals surface area contributed by atoms with Crippen LogP contribution in [0.1, 0.15) is 26.3 Å². The standard InChI is InChI=1S/C14H18N2O/c1-10-5-7-11(8-6-10)12-9-13(17)15-16(12)14(2,3)4/h5-9H,1-4H3,(H,15,17). The Morgan fingerprint density at radius 3 is 2.24 bits per heavy atom. The van der Waals surface area contributed by atoms with Crippen molar-refractivity contribution < 1.29 is 5.11 Å². The van der Waals surface area contributed by atoms with Crippen LogP contribution in [0.4, 0.5) is 0 Å². The van der Waals surface area contributed by atoms with Gasteiger partial charge in [-0.3, -0.25) is 4.68 Å². The third-order valence-corrected chi connectivity index (χ3v) is 2.68. The fourth-order valence-corrected chi connectivity index (χ4v) is 1.81. The Hall–Kier alpha value is -1.77. The maximum absolute atomic E-state index is 9.58. The van der Waals surface area contributed by atoms with Crippen LogP contribution in [0.3, 0.4) is 0 Å². The summed E-state index contributed by atoms with van der Waals surface area (Å²) in [7, 11) is 0. The van der Waals surface area contributed by atoms with E-state index in [-0.39, 0.29) is 11.4 Å². The molecule has 0 fully saturated rings. The van der Waals surface area contributed by atoms with Gasteiger partial charge in [-0.2, -0.15) is 0 Å². The summed E-state index contributed by atoms with van der Waals surface area (Å²) in [5.74, 6) is 0.0653. The lowest BCUT2D eigenvalue weighted by atomic mass is 10.1. The van der Waals surface area contributed by atoms with E-state index in [0.717, 1.165) is 11.3 Å². The Bertz CT molecular complexity index is 518. The molecule has 0 bridgehead atoms. The molecule has 0 aliphatic heterocycles. The highest BCUT2D eigenvalue weighted by molar-refractivity contribution is 5.61. The van der Waals surface area contributed by atoms with Crippen LogP contribution in [0.5, 0.6) is 5.88 Å². The quantitative estimate of drug-likeness (QED) is 0.816. The number of hydrogen-bond acceptors (Lipinski definition) is 2. The van der Waals surface area contributed by atoms with E-state index in [4.69, 9.17) is 0 Å². The van der Waals surface area contributed by atoms with Crippen LogP contribution in [-0.4, -0.2) is 14.9 Å². The van der Waals surface area contributed by atoms with Gasteiger partial charge in [0.15, 0.2) is 0 Å². The van der Waals surface area contributed by atoms with E-state index in [9.17, 15) is 5.11 Å².